The summed E-state index contributed by atoms with van der Waals surface area (Å²) in [5.74, 6) is -0.144. The lowest BCUT2D eigenvalue weighted by atomic mass is 10.2. The number of carbonyl (C=O) groups excluding carboxylic acids is 1. The van der Waals surface area contributed by atoms with Crippen LogP contribution in [0.3, 0.4) is 0 Å². The van der Waals surface area contributed by atoms with Gasteiger partial charge in [0.15, 0.2) is 4.32 Å². The summed E-state index contributed by atoms with van der Waals surface area (Å²) < 4.78 is 0.509. The molecular weight excluding hydrogens is 401 g/mol. The molecule has 2 nitrogen and oxygen atoms in total. The minimum atomic E-state index is -0.144. The van der Waals surface area contributed by atoms with Crippen molar-refractivity contribution >= 4 is 80.9 Å². The first kappa shape index (κ1) is 17.8. The molecule has 0 aliphatic carbocycles. The van der Waals surface area contributed by atoms with Crippen molar-refractivity contribution in [3.05, 3.63) is 63.0 Å². The Morgan fingerprint density at radius 2 is 2.00 bits per heavy atom. The van der Waals surface area contributed by atoms with Gasteiger partial charge in [0.25, 0.3) is 5.91 Å². The van der Waals surface area contributed by atoms with E-state index in [-0.39, 0.29) is 5.91 Å². The van der Waals surface area contributed by atoms with E-state index >= 15 is 0 Å². The van der Waals surface area contributed by atoms with Gasteiger partial charge in [0, 0.05) is 14.9 Å². The van der Waals surface area contributed by atoms with E-state index in [1.165, 1.54) is 11.8 Å². The molecular formula is C17H11Cl2NOS3. The molecule has 24 heavy (non-hydrogen) atoms. The third kappa shape index (κ3) is 3.65. The van der Waals surface area contributed by atoms with Gasteiger partial charge >= 0.3 is 0 Å². The molecule has 1 heterocycles. The van der Waals surface area contributed by atoms with E-state index in [0.29, 0.717) is 19.3 Å². The van der Waals surface area contributed by atoms with E-state index in [9.17, 15) is 4.79 Å². The summed E-state index contributed by atoms with van der Waals surface area (Å²) in [7, 11) is 0. The van der Waals surface area contributed by atoms with Crippen molar-refractivity contribution in [2.75, 3.05) is 11.2 Å². The lowest BCUT2D eigenvalue weighted by Gasteiger charge is -2.15. The molecule has 2 aromatic rings. The molecule has 1 amide bonds. The summed E-state index contributed by atoms with van der Waals surface area (Å²) in [5, 5.41) is 1.05. The highest BCUT2D eigenvalue weighted by Gasteiger charge is 2.33. The van der Waals surface area contributed by atoms with Crippen LogP contribution in [-0.2, 0) is 4.79 Å². The SMILES string of the molecule is CSc1cccc(N2C(=O)/C(=C\c3ccc(Cl)cc3Cl)SC2=S)c1. The predicted octanol–water partition coefficient (Wildman–Crippen LogP) is 6.12. The Morgan fingerprint density at radius 3 is 2.71 bits per heavy atom. The Labute approximate surface area is 164 Å². The van der Waals surface area contributed by atoms with Crippen LogP contribution in [0.5, 0.6) is 0 Å². The van der Waals surface area contributed by atoms with Gasteiger partial charge in [-0.05, 0) is 48.2 Å². The standard InChI is InChI=1S/C17H11Cl2NOS3/c1-23-13-4-2-3-12(9-13)20-16(21)15(24-17(20)22)7-10-5-6-11(18)8-14(10)19/h2-9H,1H3/b15-7+. The molecule has 0 bridgehead atoms. The maximum absolute atomic E-state index is 12.8. The summed E-state index contributed by atoms with van der Waals surface area (Å²) in [6.45, 7) is 0. The molecule has 0 N–H and O–H groups in total. The maximum atomic E-state index is 12.8. The number of anilines is 1. The van der Waals surface area contributed by atoms with Crippen molar-refractivity contribution in [3.63, 3.8) is 0 Å². The lowest BCUT2D eigenvalue weighted by Crippen LogP contribution is -2.27. The van der Waals surface area contributed by atoms with Crippen molar-refractivity contribution in [1.82, 2.24) is 0 Å². The number of rotatable bonds is 3. The second-order valence-electron chi connectivity index (χ2n) is 4.88. The zero-order valence-electron chi connectivity index (χ0n) is 12.5. The van der Waals surface area contributed by atoms with E-state index < -0.39 is 0 Å². The number of nitrogens with zero attached hydrogens (tertiary/aromatic N) is 1. The molecule has 0 unspecified atom stereocenters. The number of halogens is 2. The maximum Gasteiger partial charge on any atom is 0.270 e. The van der Waals surface area contributed by atoms with Crippen molar-refractivity contribution < 1.29 is 4.79 Å². The second-order valence-corrected chi connectivity index (χ2v) is 8.28. The summed E-state index contributed by atoms with van der Waals surface area (Å²) in [6, 6.07) is 12.9. The van der Waals surface area contributed by atoms with E-state index in [4.69, 9.17) is 35.4 Å². The van der Waals surface area contributed by atoms with Crippen LogP contribution in [0.25, 0.3) is 6.08 Å². The highest BCUT2D eigenvalue weighted by atomic mass is 35.5. The van der Waals surface area contributed by atoms with E-state index in [1.807, 2.05) is 30.5 Å². The number of thiocarbonyl (C=S) groups is 1. The first-order valence-electron chi connectivity index (χ1n) is 6.86. The molecule has 0 spiro atoms. The van der Waals surface area contributed by atoms with E-state index in [1.54, 1.807) is 40.9 Å². The van der Waals surface area contributed by atoms with Gasteiger partial charge in [-0.1, -0.05) is 59.3 Å². The van der Waals surface area contributed by atoms with Crippen LogP contribution in [0, 0.1) is 0 Å². The van der Waals surface area contributed by atoms with Gasteiger partial charge in [-0.3, -0.25) is 9.69 Å². The number of benzene rings is 2. The molecule has 0 radical (unpaired) electrons. The molecule has 0 atom stereocenters. The first-order valence-corrected chi connectivity index (χ1v) is 10.1. The average molecular weight is 412 g/mol. The quantitative estimate of drug-likeness (QED) is 0.344. The number of hydrogen-bond acceptors (Lipinski definition) is 4. The third-order valence-corrected chi connectivity index (χ3v) is 5.94. The monoisotopic (exact) mass is 411 g/mol. The number of thioether (sulfide) groups is 2. The average Bonchev–Trinajstić information content (AvgIpc) is 2.84. The Kier molecular flexibility index (Phi) is 5.57. The first-order chi connectivity index (χ1) is 11.5. The molecule has 1 aliphatic rings. The molecule has 0 aromatic heterocycles. The number of hydrogen-bond donors (Lipinski definition) is 0. The second kappa shape index (κ2) is 7.50. The van der Waals surface area contributed by atoms with Crippen LogP contribution in [-0.4, -0.2) is 16.5 Å². The summed E-state index contributed by atoms with van der Waals surface area (Å²) in [5.41, 5.74) is 1.51. The van der Waals surface area contributed by atoms with Crippen LogP contribution in [0.1, 0.15) is 5.56 Å². The van der Waals surface area contributed by atoms with Crippen LogP contribution in [0.2, 0.25) is 10.0 Å². The van der Waals surface area contributed by atoms with E-state index in [2.05, 4.69) is 0 Å². The Bertz CT molecular complexity index is 867. The molecule has 3 rings (SSSR count). The van der Waals surface area contributed by atoms with Crippen molar-refractivity contribution in [2.45, 2.75) is 4.90 Å². The van der Waals surface area contributed by atoms with Crippen LogP contribution in [0.4, 0.5) is 5.69 Å². The molecule has 122 valence electrons. The van der Waals surface area contributed by atoms with Crippen LogP contribution < -0.4 is 4.90 Å². The predicted molar refractivity (Wildman–Crippen MR) is 110 cm³/mol. The molecule has 7 heteroatoms. The highest BCUT2D eigenvalue weighted by molar-refractivity contribution is 8.27. The van der Waals surface area contributed by atoms with Gasteiger partial charge in [-0.2, -0.15) is 0 Å². The minimum absolute atomic E-state index is 0.144. The van der Waals surface area contributed by atoms with Gasteiger partial charge < -0.3 is 0 Å². The van der Waals surface area contributed by atoms with Gasteiger partial charge in [-0.25, -0.2) is 0 Å². The fraction of sp³-hybridized carbons (Fsp3) is 0.0588. The Hall–Kier alpha value is -0.980. The Balaban J connectivity index is 1.95. The lowest BCUT2D eigenvalue weighted by molar-refractivity contribution is -0.113. The van der Waals surface area contributed by atoms with Crippen molar-refractivity contribution in [2.24, 2.45) is 0 Å². The molecule has 1 saturated heterocycles. The highest BCUT2D eigenvalue weighted by Crippen LogP contribution is 2.37. The van der Waals surface area contributed by atoms with Crippen molar-refractivity contribution in [1.29, 1.82) is 0 Å². The third-order valence-electron chi connectivity index (χ3n) is 3.35. The van der Waals surface area contributed by atoms with Crippen molar-refractivity contribution in [3.8, 4) is 0 Å². The van der Waals surface area contributed by atoms with Gasteiger partial charge in [0.05, 0.1) is 10.6 Å². The van der Waals surface area contributed by atoms with Crippen LogP contribution >= 0.6 is 58.9 Å². The van der Waals surface area contributed by atoms with Crippen LogP contribution in [0.15, 0.2) is 52.3 Å². The molecule has 1 fully saturated rings. The molecule has 0 saturated carbocycles. The van der Waals surface area contributed by atoms with Gasteiger partial charge in [-0.15, -0.1) is 11.8 Å². The zero-order valence-corrected chi connectivity index (χ0v) is 16.4. The summed E-state index contributed by atoms with van der Waals surface area (Å²) in [4.78, 5) is 15.9. The normalized spacial score (nSPS) is 16.3. The fourth-order valence-corrected chi connectivity index (χ4v) is 4.41. The van der Waals surface area contributed by atoms with E-state index in [0.717, 1.165) is 16.1 Å². The topological polar surface area (TPSA) is 20.3 Å². The minimum Gasteiger partial charge on any atom is -0.268 e. The molecule has 2 aromatic carbocycles. The Morgan fingerprint density at radius 1 is 1.21 bits per heavy atom. The van der Waals surface area contributed by atoms with Gasteiger partial charge in [0.2, 0.25) is 0 Å². The number of amides is 1. The smallest absolute Gasteiger partial charge is 0.268 e. The van der Waals surface area contributed by atoms with Gasteiger partial charge in [0.1, 0.15) is 0 Å². The largest absolute Gasteiger partial charge is 0.270 e. The zero-order chi connectivity index (χ0) is 17.3. The molecule has 1 aliphatic heterocycles. The summed E-state index contributed by atoms with van der Waals surface area (Å²) in [6.07, 6.45) is 3.74. The summed E-state index contributed by atoms with van der Waals surface area (Å²) >= 11 is 20.4. The number of carbonyl (C=O) groups is 1. The fourth-order valence-electron chi connectivity index (χ4n) is 2.20.